The van der Waals surface area contributed by atoms with E-state index in [1.54, 1.807) is 12.1 Å². The smallest absolute Gasteiger partial charge is 0.251 e. The summed E-state index contributed by atoms with van der Waals surface area (Å²) in [7, 11) is -3.67. The third-order valence-electron chi connectivity index (χ3n) is 5.39. The van der Waals surface area contributed by atoms with Gasteiger partial charge >= 0.3 is 0 Å². The monoisotopic (exact) mass is 430 g/mol. The molecule has 1 amide bonds. The second-order valence-corrected chi connectivity index (χ2v) is 10.1. The van der Waals surface area contributed by atoms with Gasteiger partial charge in [-0.05, 0) is 38.1 Å². The van der Waals surface area contributed by atoms with Crippen LogP contribution in [0.3, 0.4) is 0 Å². The SMILES string of the molecule is CC1(C)C[C@@H](NC(=O)c2cccc(S(=O)(=O)N3CCOCC3)c2)c2ccccc2O1. The van der Waals surface area contributed by atoms with E-state index in [2.05, 4.69) is 5.32 Å². The van der Waals surface area contributed by atoms with Gasteiger partial charge in [0.25, 0.3) is 5.91 Å². The van der Waals surface area contributed by atoms with Crippen molar-refractivity contribution >= 4 is 15.9 Å². The van der Waals surface area contributed by atoms with Gasteiger partial charge in [0.15, 0.2) is 0 Å². The minimum Gasteiger partial charge on any atom is -0.487 e. The maximum Gasteiger partial charge on any atom is 0.251 e. The number of hydrogen-bond acceptors (Lipinski definition) is 5. The highest BCUT2D eigenvalue weighted by Gasteiger charge is 2.34. The number of carbonyl (C=O) groups is 1. The van der Waals surface area contributed by atoms with Gasteiger partial charge in [0.1, 0.15) is 11.4 Å². The number of nitrogens with zero attached hydrogens (tertiary/aromatic N) is 1. The van der Waals surface area contributed by atoms with E-state index in [9.17, 15) is 13.2 Å². The molecule has 1 atom stereocenters. The van der Waals surface area contributed by atoms with E-state index >= 15 is 0 Å². The molecule has 2 aromatic carbocycles. The number of hydrogen-bond donors (Lipinski definition) is 1. The number of carbonyl (C=O) groups excluding carboxylic acids is 1. The molecule has 2 heterocycles. The minimum atomic E-state index is -3.67. The number of sulfonamides is 1. The van der Waals surface area contributed by atoms with E-state index in [0.29, 0.717) is 38.3 Å². The standard InChI is InChI=1S/C22H26N2O5S/c1-22(2)15-19(18-8-3-4-9-20(18)29-22)23-21(25)16-6-5-7-17(14-16)30(26,27)24-10-12-28-13-11-24/h3-9,14,19H,10-13,15H2,1-2H3,(H,23,25)/t19-/m1/s1. The molecule has 0 aromatic heterocycles. The summed E-state index contributed by atoms with van der Waals surface area (Å²) in [5, 5.41) is 3.06. The first-order chi connectivity index (χ1) is 14.3. The number of morpholine rings is 1. The number of rotatable bonds is 4. The molecule has 2 aromatic rings. The highest BCUT2D eigenvalue weighted by Crippen LogP contribution is 2.39. The molecule has 0 saturated carbocycles. The third-order valence-corrected chi connectivity index (χ3v) is 7.28. The Balaban J connectivity index is 1.57. The van der Waals surface area contributed by atoms with Gasteiger partial charge in [-0.2, -0.15) is 4.31 Å². The van der Waals surface area contributed by atoms with Crippen molar-refractivity contribution in [2.75, 3.05) is 26.3 Å². The number of amides is 1. The van der Waals surface area contributed by atoms with Crippen LogP contribution in [0.2, 0.25) is 0 Å². The molecule has 0 bridgehead atoms. The van der Waals surface area contributed by atoms with E-state index < -0.39 is 15.6 Å². The molecule has 1 saturated heterocycles. The Bertz CT molecular complexity index is 1040. The topological polar surface area (TPSA) is 84.9 Å². The predicted octanol–water partition coefficient (Wildman–Crippen LogP) is 2.74. The molecule has 0 spiro atoms. The second-order valence-electron chi connectivity index (χ2n) is 8.17. The Morgan fingerprint density at radius 2 is 1.83 bits per heavy atom. The van der Waals surface area contributed by atoms with Crippen molar-refractivity contribution in [2.24, 2.45) is 0 Å². The van der Waals surface area contributed by atoms with Crippen LogP contribution in [0.1, 0.15) is 42.2 Å². The van der Waals surface area contributed by atoms with Crippen LogP contribution in [0, 0.1) is 0 Å². The largest absolute Gasteiger partial charge is 0.487 e. The van der Waals surface area contributed by atoms with Gasteiger partial charge in [-0.25, -0.2) is 8.42 Å². The van der Waals surface area contributed by atoms with Crippen LogP contribution in [-0.2, 0) is 14.8 Å². The van der Waals surface area contributed by atoms with Crippen molar-refractivity contribution in [1.82, 2.24) is 9.62 Å². The Morgan fingerprint density at radius 3 is 2.60 bits per heavy atom. The van der Waals surface area contributed by atoms with Crippen LogP contribution < -0.4 is 10.1 Å². The first-order valence-corrected chi connectivity index (χ1v) is 11.5. The van der Waals surface area contributed by atoms with Crippen LogP contribution in [-0.4, -0.2) is 50.5 Å². The number of para-hydroxylation sites is 1. The lowest BCUT2D eigenvalue weighted by molar-refractivity contribution is 0.0619. The molecule has 8 heteroatoms. The first-order valence-electron chi connectivity index (χ1n) is 10.0. The van der Waals surface area contributed by atoms with Gasteiger partial charge < -0.3 is 14.8 Å². The van der Waals surface area contributed by atoms with E-state index in [0.717, 1.165) is 11.3 Å². The molecule has 2 aliphatic heterocycles. The summed E-state index contributed by atoms with van der Waals surface area (Å²) in [4.78, 5) is 13.1. The fourth-order valence-electron chi connectivity index (χ4n) is 3.91. The summed E-state index contributed by atoms with van der Waals surface area (Å²) in [5.41, 5.74) is 0.807. The highest BCUT2D eigenvalue weighted by molar-refractivity contribution is 7.89. The molecule has 4 rings (SSSR count). The fourth-order valence-corrected chi connectivity index (χ4v) is 5.36. The lowest BCUT2D eigenvalue weighted by Crippen LogP contribution is -2.41. The molecule has 1 N–H and O–H groups in total. The lowest BCUT2D eigenvalue weighted by Gasteiger charge is -2.37. The Labute approximate surface area is 177 Å². The molecular formula is C22H26N2O5S. The summed E-state index contributed by atoms with van der Waals surface area (Å²) in [6.45, 7) is 5.34. The lowest BCUT2D eigenvalue weighted by atomic mass is 9.89. The number of ether oxygens (including phenoxy) is 2. The first kappa shape index (κ1) is 20.8. The molecular weight excluding hydrogens is 404 g/mol. The van der Waals surface area contributed by atoms with Crippen LogP contribution in [0.25, 0.3) is 0 Å². The van der Waals surface area contributed by atoms with Gasteiger partial charge in [0.05, 0.1) is 24.2 Å². The summed E-state index contributed by atoms with van der Waals surface area (Å²) in [6, 6.07) is 13.6. The molecule has 0 aliphatic carbocycles. The minimum absolute atomic E-state index is 0.116. The van der Waals surface area contributed by atoms with Crippen LogP contribution in [0.15, 0.2) is 53.4 Å². The van der Waals surface area contributed by atoms with Crippen molar-refractivity contribution in [1.29, 1.82) is 0 Å². The van der Waals surface area contributed by atoms with Gasteiger partial charge in [0, 0.05) is 30.6 Å². The van der Waals surface area contributed by atoms with Gasteiger partial charge in [-0.1, -0.05) is 24.3 Å². The third kappa shape index (κ3) is 4.21. The molecule has 0 unspecified atom stereocenters. The van der Waals surface area contributed by atoms with Crippen LogP contribution >= 0.6 is 0 Å². The molecule has 2 aliphatic rings. The second kappa shape index (κ2) is 8.02. The maximum absolute atomic E-state index is 13.0. The van der Waals surface area contributed by atoms with Crippen LogP contribution in [0.5, 0.6) is 5.75 Å². The molecule has 0 radical (unpaired) electrons. The average Bonchev–Trinajstić information content (AvgIpc) is 2.73. The number of benzene rings is 2. The van der Waals surface area contributed by atoms with Crippen molar-refractivity contribution in [3.8, 4) is 5.75 Å². The summed E-state index contributed by atoms with van der Waals surface area (Å²) < 4.78 is 38.5. The van der Waals surface area contributed by atoms with Gasteiger partial charge in [0.2, 0.25) is 10.0 Å². The molecule has 30 heavy (non-hydrogen) atoms. The maximum atomic E-state index is 13.0. The van der Waals surface area contributed by atoms with Gasteiger partial charge in [-0.15, -0.1) is 0 Å². The van der Waals surface area contributed by atoms with E-state index in [1.165, 1.54) is 16.4 Å². The summed E-state index contributed by atoms with van der Waals surface area (Å²) >= 11 is 0. The number of nitrogens with one attached hydrogen (secondary N) is 1. The average molecular weight is 431 g/mol. The van der Waals surface area contributed by atoms with Crippen LogP contribution in [0.4, 0.5) is 0 Å². The highest BCUT2D eigenvalue weighted by atomic mass is 32.2. The van der Waals surface area contributed by atoms with Crippen molar-refractivity contribution < 1.29 is 22.7 Å². The zero-order valence-electron chi connectivity index (χ0n) is 17.1. The van der Waals surface area contributed by atoms with Crippen molar-refractivity contribution in [3.63, 3.8) is 0 Å². The quantitative estimate of drug-likeness (QED) is 0.806. The summed E-state index contributed by atoms with van der Waals surface area (Å²) in [5.74, 6) is 0.439. The zero-order valence-corrected chi connectivity index (χ0v) is 17.9. The van der Waals surface area contributed by atoms with E-state index in [1.807, 2.05) is 38.1 Å². The number of fused-ring (bicyclic) bond motifs is 1. The fraction of sp³-hybridized carbons (Fsp3) is 0.409. The van der Waals surface area contributed by atoms with E-state index in [-0.39, 0.29) is 16.8 Å². The summed E-state index contributed by atoms with van der Waals surface area (Å²) in [6.07, 6.45) is 0.613. The molecule has 1 fully saturated rings. The van der Waals surface area contributed by atoms with E-state index in [4.69, 9.17) is 9.47 Å². The molecule has 160 valence electrons. The Morgan fingerprint density at radius 1 is 1.10 bits per heavy atom. The normalized spacial score (nSPS) is 21.3. The predicted molar refractivity (Wildman–Crippen MR) is 112 cm³/mol. The van der Waals surface area contributed by atoms with Gasteiger partial charge in [-0.3, -0.25) is 4.79 Å². The van der Waals surface area contributed by atoms with Crippen molar-refractivity contribution in [3.05, 3.63) is 59.7 Å². The Kier molecular flexibility index (Phi) is 5.57. The molecule has 7 nitrogen and oxygen atoms in total. The van der Waals surface area contributed by atoms with Crippen molar-refractivity contribution in [2.45, 2.75) is 36.8 Å². The zero-order chi connectivity index (χ0) is 21.4. The Hall–Kier alpha value is -2.42.